The molecule has 1 saturated heterocycles. The molecule has 1 aromatic carbocycles. The fourth-order valence-corrected chi connectivity index (χ4v) is 3.46. The topological polar surface area (TPSA) is 96.0 Å². The van der Waals surface area contributed by atoms with Crippen molar-refractivity contribution in [2.45, 2.75) is 38.6 Å². The highest BCUT2D eigenvalue weighted by Gasteiger charge is 2.44. The van der Waals surface area contributed by atoms with E-state index in [1.54, 1.807) is 25.3 Å². The van der Waals surface area contributed by atoms with Crippen LogP contribution in [0.15, 0.2) is 35.9 Å². The Kier molecular flexibility index (Phi) is 6.64. The second-order valence-electron chi connectivity index (χ2n) is 7.12. The van der Waals surface area contributed by atoms with E-state index in [0.29, 0.717) is 17.1 Å². The Bertz CT molecular complexity index is 848. The van der Waals surface area contributed by atoms with E-state index in [9.17, 15) is 19.2 Å². The van der Waals surface area contributed by atoms with Crippen LogP contribution in [0, 0.1) is 0 Å². The standard InChI is InChI=1S/C21H25N3O5/c1-29-17-9-5-8-16(12-17)13-22-18(25)14-24-20(27)19(26)23(21(24)28)11-10-15-6-3-2-4-7-15/h5-6,8-9,12H,2-4,7,10-11,13-14H2,1H3,(H,22,25). The van der Waals surface area contributed by atoms with Crippen molar-refractivity contribution in [3.8, 4) is 5.75 Å². The second kappa shape index (κ2) is 9.36. The zero-order chi connectivity index (χ0) is 20.8. The largest absolute Gasteiger partial charge is 0.497 e. The van der Waals surface area contributed by atoms with Crippen molar-refractivity contribution >= 4 is 23.8 Å². The van der Waals surface area contributed by atoms with Gasteiger partial charge in [-0.3, -0.25) is 19.3 Å². The van der Waals surface area contributed by atoms with Crippen molar-refractivity contribution in [3.63, 3.8) is 0 Å². The third kappa shape index (κ3) is 5.01. The Morgan fingerprint density at radius 2 is 1.93 bits per heavy atom. The molecule has 8 nitrogen and oxygen atoms in total. The fraction of sp³-hybridized carbons (Fsp3) is 0.429. The molecule has 0 atom stereocenters. The van der Waals surface area contributed by atoms with Crippen LogP contribution in [0.1, 0.15) is 37.7 Å². The fourth-order valence-electron chi connectivity index (χ4n) is 3.46. The van der Waals surface area contributed by atoms with Gasteiger partial charge < -0.3 is 10.1 Å². The first kappa shape index (κ1) is 20.6. The number of nitrogens with one attached hydrogen (secondary N) is 1. The number of amides is 5. The van der Waals surface area contributed by atoms with Gasteiger partial charge in [0.1, 0.15) is 12.3 Å². The number of rotatable bonds is 8. The van der Waals surface area contributed by atoms with Crippen LogP contribution < -0.4 is 10.1 Å². The quantitative estimate of drug-likeness (QED) is 0.410. The van der Waals surface area contributed by atoms with Gasteiger partial charge in [0, 0.05) is 13.1 Å². The highest BCUT2D eigenvalue weighted by molar-refractivity contribution is 6.45. The first-order valence-corrected chi connectivity index (χ1v) is 9.74. The lowest BCUT2D eigenvalue weighted by Crippen LogP contribution is -2.41. The molecular formula is C21H25N3O5. The molecule has 0 unspecified atom stereocenters. The van der Waals surface area contributed by atoms with Crippen molar-refractivity contribution in [1.29, 1.82) is 0 Å². The van der Waals surface area contributed by atoms with Crippen molar-refractivity contribution in [1.82, 2.24) is 15.1 Å². The van der Waals surface area contributed by atoms with Gasteiger partial charge in [0.25, 0.3) is 0 Å². The number of ether oxygens (including phenoxy) is 1. The molecule has 0 aromatic heterocycles. The molecule has 1 N–H and O–H groups in total. The average molecular weight is 399 g/mol. The van der Waals surface area contributed by atoms with Crippen molar-refractivity contribution in [2.75, 3.05) is 20.2 Å². The number of methoxy groups -OCH3 is 1. The number of nitrogens with zero attached hydrogens (tertiary/aromatic N) is 2. The van der Waals surface area contributed by atoms with Crippen molar-refractivity contribution in [2.24, 2.45) is 0 Å². The number of carbonyl (C=O) groups is 4. The molecule has 5 amide bonds. The molecule has 29 heavy (non-hydrogen) atoms. The molecule has 1 aromatic rings. The van der Waals surface area contributed by atoms with Gasteiger partial charge in [-0.2, -0.15) is 0 Å². The summed E-state index contributed by atoms with van der Waals surface area (Å²) in [6, 6.07) is 6.45. The van der Waals surface area contributed by atoms with Crippen LogP contribution >= 0.6 is 0 Å². The van der Waals surface area contributed by atoms with Gasteiger partial charge in [-0.1, -0.05) is 23.8 Å². The van der Waals surface area contributed by atoms with E-state index >= 15 is 0 Å². The summed E-state index contributed by atoms with van der Waals surface area (Å²) in [5, 5.41) is 2.65. The predicted molar refractivity (Wildman–Crippen MR) is 105 cm³/mol. The summed E-state index contributed by atoms with van der Waals surface area (Å²) >= 11 is 0. The third-order valence-electron chi connectivity index (χ3n) is 5.10. The van der Waals surface area contributed by atoms with Crippen LogP contribution in [0.5, 0.6) is 5.75 Å². The van der Waals surface area contributed by atoms with Gasteiger partial charge in [0.2, 0.25) is 5.91 Å². The van der Waals surface area contributed by atoms with E-state index in [0.717, 1.165) is 36.1 Å². The minimum atomic E-state index is -0.954. The average Bonchev–Trinajstić information content (AvgIpc) is 2.94. The number of carbonyl (C=O) groups excluding carboxylic acids is 4. The number of hydrogen-bond acceptors (Lipinski definition) is 5. The minimum absolute atomic E-state index is 0.164. The lowest BCUT2D eigenvalue weighted by molar-refractivity contribution is -0.144. The van der Waals surface area contributed by atoms with E-state index in [1.165, 1.54) is 5.57 Å². The summed E-state index contributed by atoms with van der Waals surface area (Å²) < 4.78 is 5.13. The smallest absolute Gasteiger partial charge is 0.334 e. The van der Waals surface area contributed by atoms with Crippen LogP contribution in [-0.4, -0.2) is 53.8 Å². The van der Waals surface area contributed by atoms with Crippen LogP contribution in [-0.2, 0) is 20.9 Å². The highest BCUT2D eigenvalue weighted by atomic mass is 16.5. The van der Waals surface area contributed by atoms with Crippen molar-refractivity contribution < 1.29 is 23.9 Å². The first-order chi connectivity index (χ1) is 14.0. The molecule has 1 aliphatic carbocycles. The lowest BCUT2D eigenvalue weighted by atomic mass is 9.97. The normalized spacial score (nSPS) is 16.9. The molecule has 0 saturated carbocycles. The van der Waals surface area contributed by atoms with Gasteiger partial charge >= 0.3 is 17.8 Å². The summed E-state index contributed by atoms with van der Waals surface area (Å²) in [5.74, 6) is -1.67. The second-order valence-corrected chi connectivity index (χ2v) is 7.12. The van der Waals surface area contributed by atoms with Crippen LogP contribution in [0.4, 0.5) is 4.79 Å². The number of benzene rings is 1. The molecule has 0 radical (unpaired) electrons. The Morgan fingerprint density at radius 3 is 2.66 bits per heavy atom. The molecule has 154 valence electrons. The van der Waals surface area contributed by atoms with Crippen LogP contribution in [0.3, 0.4) is 0 Å². The van der Waals surface area contributed by atoms with Crippen LogP contribution in [0.25, 0.3) is 0 Å². The minimum Gasteiger partial charge on any atom is -0.497 e. The molecule has 0 spiro atoms. The molecule has 1 aliphatic heterocycles. The van der Waals surface area contributed by atoms with E-state index in [-0.39, 0.29) is 13.1 Å². The number of imide groups is 2. The maximum absolute atomic E-state index is 12.5. The third-order valence-corrected chi connectivity index (χ3v) is 5.10. The lowest BCUT2D eigenvalue weighted by Gasteiger charge is -2.17. The van der Waals surface area contributed by atoms with E-state index in [4.69, 9.17) is 4.74 Å². The Labute approximate surface area is 169 Å². The predicted octanol–water partition coefficient (Wildman–Crippen LogP) is 1.99. The van der Waals surface area contributed by atoms with Crippen LogP contribution in [0.2, 0.25) is 0 Å². The maximum Gasteiger partial charge on any atom is 0.334 e. The molecule has 2 aliphatic rings. The first-order valence-electron chi connectivity index (χ1n) is 9.74. The van der Waals surface area contributed by atoms with Gasteiger partial charge in [-0.25, -0.2) is 9.69 Å². The van der Waals surface area contributed by atoms with E-state index < -0.39 is 30.3 Å². The summed E-state index contributed by atoms with van der Waals surface area (Å²) in [6.45, 7) is -0.0954. The Morgan fingerprint density at radius 1 is 1.14 bits per heavy atom. The Hall–Kier alpha value is -3.16. The summed E-state index contributed by atoms with van der Waals surface area (Å²) in [5.41, 5.74) is 2.02. The summed E-state index contributed by atoms with van der Waals surface area (Å²) in [4.78, 5) is 50.7. The molecule has 3 rings (SSSR count). The SMILES string of the molecule is COc1cccc(CNC(=O)CN2C(=O)C(=O)N(CCC3=CCCCC3)C2=O)c1. The number of allylic oxidation sites excluding steroid dienone is 1. The van der Waals surface area contributed by atoms with Crippen molar-refractivity contribution in [3.05, 3.63) is 41.5 Å². The van der Waals surface area contributed by atoms with Gasteiger partial charge in [0.15, 0.2) is 0 Å². The molecule has 0 bridgehead atoms. The zero-order valence-electron chi connectivity index (χ0n) is 16.5. The zero-order valence-corrected chi connectivity index (χ0v) is 16.5. The molecule has 8 heteroatoms. The monoisotopic (exact) mass is 399 g/mol. The summed E-state index contributed by atoms with van der Waals surface area (Å²) in [6.07, 6.45) is 6.94. The number of urea groups is 1. The maximum atomic E-state index is 12.5. The molecule has 1 heterocycles. The molecule has 1 fully saturated rings. The highest BCUT2D eigenvalue weighted by Crippen LogP contribution is 2.22. The van der Waals surface area contributed by atoms with Gasteiger partial charge in [-0.15, -0.1) is 0 Å². The number of hydrogen-bond donors (Lipinski definition) is 1. The summed E-state index contributed by atoms with van der Waals surface area (Å²) in [7, 11) is 1.55. The van der Waals surface area contributed by atoms with E-state index in [1.807, 2.05) is 6.07 Å². The van der Waals surface area contributed by atoms with Gasteiger partial charge in [-0.05, 0) is 49.8 Å². The Balaban J connectivity index is 1.53. The van der Waals surface area contributed by atoms with E-state index in [2.05, 4.69) is 11.4 Å². The van der Waals surface area contributed by atoms with Gasteiger partial charge in [0.05, 0.1) is 7.11 Å². The molecular weight excluding hydrogens is 374 g/mol.